The molecule has 7 heteroatoms. The fourth-order valence-electron chi connectivity index (χ4n) is 3.07. The highest BCUT2D eigenvalue weighted by atomic mass is 35.5. The molecule has 2 aromatic carbocycles. The van der Waals surface area contributed by atoms with Crippen molar-refractivity contribution in [3.8, 4) is 0 Å². The molecule has 3 rings (SSSR count). The van der Waals surface area contributed by atoms with Crippen LogP contribution in [0.25, 0.3) is 0 Å². The number of carbonyl (C=O) groups is 1. The molecular formula is C20H23ClN2O3S. The number of nitrogens with zero attached hydrogens (tertiary/aromatic N) is 1. The van der Waals surface area contributed by atoms with Crippen molar-refractivity contribution >= 4 is 38.9 Å². The van der Waals surface area contributed by atoms with Crippen molar-refractivity contribution < 1.29 is 13.2 Å². The molecular weight excluding hydrogens is 384 g/mol. The Kier molecular flexibility index (Phi) is 5.77. The summed E-state index contributed by atoms with van der Waals surface area (Å²) in [4.78, 5) is 12.5. The van der Waals surface area contributed by atoms with Crippen molar-refractivity contribution in [2.75, 3.05) is 21.9 Å². The van der Waals surface area contributed by atoms with Crippen LogP contribution < -0.4 is 9.62 Å². The Balaban J connectivity index is 1.78. The molecule has 0 bridgehead atoms. The van der Waals surface area contributed by atoms with Crippen molar-refractivity contribution in [1.29, 1.82) is 0 Å². The first-order valence-electron chi connectivity index (χ1n) is 8.99. The lowest BCUT2D eigenvalue weighted by molar-refractivity contribution is 0.102. The van der Waals surface area contributed by atoms with E-state index in [0.29, 0.717) is 35.8 Å². The smallest absolute Gasteiger partial charge is 0.257 e. The first kappa shape index (κ1) is 19.7. The van der Waals surface area contributed by atoms with Crippen molar-refractivity contribution in [1.82, 2.24) is 0 Å². The topological polar surface area (TPSA) is 66.5 Å². The second kappa shape index (κ2) is 7.90. The maximum absolute atomic E-state index is 12.5. The number of sulfonamides is 1. The van der Waals surface area contributed by atoms with E-state index in [1.807, 2.05) is 24.3 Å². The van der Waals surface area contributed by atoms with Gasteiger partial charge in [-0.1, -0.05) is 37.6 Å². The highest BCUT2D eigenvalue weighted by Crippen LogP contribution is 2.29. The summed E-state index contributed by atoms with van der Waals surface area (Å²) in [7, 11) is -3.31. The van der Waals surface area contributed by atoms with Crippen LogP contribution >= 0.6 is 11.6 Å². The molecule has 2 aromatic rings. The van der Waals surface area contributed by atoms with E-state index in [1.165, 1.54) is 9.87 Å². The number of hydrogen-bond acceptors (Lipinski definition) is 3. The summed E-state index contributed by atoms with van der Waals surface area (Å²) in [6.07, 6.45) is 1.48. The number of halogens is 1. The van der Waals surface area contributed by atoms with Crippen LogP contribution in [0.1, 0.15) is 48.5 Å². The summed E-state index contributed by atoms with van der Waals surface area (Å²) >= 11 is 6.29. The summed E-state index contributed by atoms with van der Waals surface area (Å²) in [5, 5.41) is 3.05. The molecule has 1 aliphatic heterocycles. The van der Waals surface area contributed by atoms with E-state index < -0.39 is 10.0 Å². The molecule has 0 aliphatic carbocycles. The maximum Gasteiger partial charge on any atom is 0.257 e. The molecule has 1 saturated heterocycles. The van der Waals surface area contributed by atoms with Crippen LogP contribution in [0.4, 0.5) is 11.4 Å². The molecule has 1 heterocycles. The minimum atomic E-state index is -3.31. The quantitative estimate of drug-likeness (QED) is 0.803. The minimum Gasteiger partial charge on any atom is -0.322 e. The van der Waals surface area contributed by atoms with E-state index >= 15 is 0 Å². The van der Waals surface area contributed by atoms with E-state index in [9.17, 15) is 13.2 Å². The Hall–Kier alpha value is -2.05. The molecule has 1 amide bonds. The van der Waals surface area contributed by atoms with Crippen molar-refractivity contribution in [2.45, 2.75) is 32.6 Å². The van der Waals surface area contributed by atoms with E-state index in [4.69, 9.17) is 11.6 Å². The van der Waals surface area contributed by atoms with Gasteiger partial charge in [-0.3, -0.25) is 9.10 Å². The predicted molar refractivity (Wildman–Crippen MR) is 110 cm³/mol. The first-order valence-corrected chi connectivity index (χ1v) is 11.0. The zero-order chi connectivity index (χ0) is 19.6. The van der Waals surface area contributed by atoms with E-state index in [-0.39, 0.29) is 16.7 Å². The number of anilines is 2. The van der Waals surface area contributed by atoms with Crippen molar-refractivity contribution in [2.24, 2.45) is 0 Å². The second-order valence-electron chi connectivity index (χ2n) is 6.99. The van der Waals surface area contributed by atoms with Gasteiger partial charge < -0.3 is 5.32 Å². The lowest BCUT2D eigenvalue weighted by Gasteiger charge is -2.28. The fraction of sp³-hybridized carbons (Fsp3) is 0.350. The zero-order valence-corrected chi connectivity index (χ0v) is 17.0. The van der Waals surface area contributed by atoms with E-state index in [1.54, 1.807) is 18.2 Å². The highest BCUT2D eigenvalue weighted by Gasteiger charge is 2.26. The molecule has 0 unspecified atom stereocenters. The van der Waals surface area contributed by atoms with Gasteiger partial charge in [0.25, 0.3) is 5.91 Å². The Labute approximate surface area is 165 Å². The van der Waals surface area contributed by atoms with Gasteiger partial charge >= 0.3 is 0 Å². The third-order valence-electron chi connectivity index (χ3n) is 4.67. The fourth-order valence-corrected chi connectivity index (χ4v) is 4.96. The molecule has 1 N–H and O–H groups in total. The summed E-state index contributed by atoms with van der Waals surface area (Å²) in [6.45, 7) is 4.65. The largest absolute Gasteiger partial charge is 0.322 e. The van der Waals surface area contributed by atoms with E-state index in [2.05, 4.69) is 19.2 Å². The lowest BCUT2D eigenvalue weighted by Crippen LogP contribution is -2.37. The average Bonchev–Trinajstić information content (AvgIpc) is 2.61. The Morgan fingerprint density at radius 3 is 2.41 bits per heavy atom. The Morgan fingerprint density at radius 1 is 1.11 bits per heavy atom. The lowest BCUT2D eigenvalue weighted by atomic mass is 10.0. The van der Waals surface area contributed by atoms with Crippen LogP contribution in [0, 0.1) is 0 Å². The Bertz CT molecular complexity index is 940. The number of nitrogens with one attached hydrogen (secondary N) is 1. The van der Waals surface area contributed by atoms with Crippen LogP contribution in [-0.2, 0) is 10.0 Å². The third-order valence-corrected chi connectivity index (χ3v) is 6.85. The van der Waals surface area contributed by atoms with Gasteiger partial charge in [0.1, 0.15) is 0 Å². The van der Waals surface area contributed by atoms with Crippen molar-refractivity contribution in [3.05, 3.63) is 58.6 Å². The van der Waals surface area contributed by atoms with Crippen molar-refractivity contribution in [3.63, 3.8) is 0 Å². The molecule has 27 heavy (non-hydrogen) atoms. The van der Waals surface area contributed by atoms with Gasteiger partial charge in [0, 0.05) is 12.2 Å². The number of amides is 1. The number of rotatable bonds is 4. The highest BCUT2D eigenvalue weighted by molar-refractivity contribution is 7.92. The van der Waals surface area contributed by atoms with Gasteiger partial charge in [-0.25, -0.2) is 8.42 Å². The van der Waals surface area contributed by atoms with Crippen LogP contribution in [0.3, 0.4) is 0 Å². The van der Waals surface area contributed by atoms with Crippen LogP contribution in [0.2, 0.25) is 5.02 Å². The van der Waals surface area contributed by atoms with Gasteiger partial charge in [-0.2, -0.15) is 0 Å². The molecule has 0 saturated carbocycles. The average molecular weight is 407 g/mol. The molecule has 0 aromatic heterocycles. The molecule has 1 fully saturated rings. The normalized spacial score (nSPS) is 16.4. The van der Waals surface area contributed by atoms with Crippen LogP contribution in [-0.4, -0.2) is 26.6 Å². The summed E-state index contributed by atoms with van der Waals surface area (Å²) in [6, 6.07) is 12.4. The zero-order valence-electron chi connectivity index (χ0n) is 15.4. The molecule has 0 radical (unpaired) electrons. The predicted octanol–water partition coefficient (Wildman–Crippen LogP) is 4.65. The van der Waals surface area contributed by atoms with Gasteiger partial charge in [0.05, 0.1) is 22.0 Å². The molecule has 5 nitrogen and oxygen atoms in total. The standard InChI is InChI=1S/C20H23ClN2O3S/c1-14(2)15-5-7-16(8-6-15)22-20(24)18-10-9-17(13-19(18)21)23-11-3-4-12-27(23,25)26/h5-10,13-14H,3-4,11-12H2,1-2H3,(H,22,24). The van der Waals surface area contributed by atoms with E-state index in [0.717, 1.165) is 6.42 Å². The summed E-state index contributed by atoms with van der Waals surface area (Å²) in [5.74, 6) is 0.229. The molecule has 144 valence electrons. The molecule has 0 spiro atoms. The van der Waals surface area contributed by atoms with Gasteiger partial charge in [0.15, 0.2) is 0 Å². The Morgan fingerprint density at radius 2 is 1.81 bits per heavy atom. The van der Waals surface area contributed by atoms with Crippen LogP contribution in [0.5, 0.6) is 0 Å². The number of carbonyl (C=O) groups excluding carboxylic acids is 1. The number of hydrogen-bond donors (Lipinski definition) is 1. The third kappa shape index (κ3) is 4.45. The monoisotopic (exact) mass is 406 g/mol. The number of benzene rings is 2. The second-order valence-corrected chi connectivity index (χ2v) is 9.41. The molecule has 0 atom stereocenters. The minimum absolute atomic E-state index is 0.138. The molecule has 1 aliphatic rings. The van der Waals surface area contributed by atoms with Crippen LogP contribution in [0.15, 0.2) is 42.5 Å². The van der Waals surface area contributed by atoms with Gasteiger partial charge in [-0.05, 0) is 54.7 Å². The summed E-state index contributed by atoms with van der Waals surface area (Å²) in [5.41, 5.74) is 2.68. The summed E-state index contributed by atoms with van der Waals surface area (Å²) < 4.78 is 25.8. The van der Waals surface area contributed by atoms with Gasteiger partial charge in [-0.15, -0.1) is 0 Å². The maximum atomic E-state index is 12.5. The SMILES string of the molecule is CC(C)c1ccc(NC(=O)c2ccc(N3CCCCS3(=O)=O)cc2Cl)cc1. The van der Waals surface area contributed by atoms with Gasteiger partial charge in [0.2, 0.25) is 10.0 Å². The first-order chi connectivity index (χ1) is 12.8.